The van der Waals surface area contributed by atoms with Crippen molar-refractivity contribution >= 4 is 27.8 Å². The lowest BCUT2D eigenvalue weighted by Crippen LogP contribution is -2.18. The Bertz CT molecular complexity index is 816. The SMILES string of the molecule is C[C@@H](OC(=O)Nc1ccnn1-c1ccc(Br)cc1)c1ccccc1. The van der Waals surface area contributed by atoms with E-state index in [2.05, 4.69) is 26.3 Å². The van der Waals surface area contributed by atoms with Crippen LogP contribution in [0.5, 0.6) is 0 Å². The molecule has 0 aliphatic rings. The number of carbonyl (C=O) groups is 1. The summed E-state index contributed by atoms with van der Waals surface area (Å²) in [6, 6.07) is 18.9. The van der Waals surface area contributed by atoms with E-state index >= 15 is 0 Å². The third-order valence-electron chi connectivity index (χ3n) is 3.50. The third kappa shape index (κ3) is 3.83. The van der Waals surface area contributed by atoms with E-state index in [1.807, 2.05) is 61.5 Å². The summed E-state index contributed by atoms with van der Waals surface area (Å²) in [4.78, 5) is 12.1. The lowest BCUT2D eigenvalue weighted by molar-refractivity contribution is 0.121. The molecule has 1 aromatic heterocycles. The maximum Gasteiger partial charge on any atom is 0.413 e. The Labute approximate surface area is 148 Å². The van der Waals surface area contributed by atoms with Gasteiger partial charge in [-0.3, -0.25) is 5.32 Å². The molecule has 1 atom stereocenters. The van der Waals surface area contributed by atoms with Crippen LogP contribution in [0.1, 0.15) is 18.6 Å². The molecule has 0 saturated heterocycles. The zero-order chi connectivity index (χ0) is 16.9. The quantitative estimate of drug-likeness (QED) is 0.691. The third-order valence-corrected chi connectivity index (χ3v) is 4.03. The van der Waals surface area contributed by atoms with Crippen molar-refractivity contribution in [3.05, 3.63) is 76.9 Å². The van der Waals surface area contributed by atoms with E-state index in [4.69, 9.17) is 4.74 Å². The van der Waals surface area contributed by atoms with E-state index in [0.717, 1.165) is 15.7 Å². The van der Waals surface area contributed by atoms with Crippen LogP contribution in [-0.4, -0.2) is 15.9 Å². The first-order valence-corrected chi connectivity index (χ1v) is 8.25. The standard InChI is InChI=1S/C18H16BrN3O2/c1-13(14-5-3-2-4-6-14)24-18(23)21-17-11-12-20-22(17)16-9-7-15(19)8-10-16/h2-13H,1H3,(H,21,23)/t13-/m1/s1. The fourth-order valence-electron chi connectivity index (χ4n) is 2.27. The molecule has 2 aromatic carbocycles. The van der Waals surface area contributed by atoms with Gasteiger partial charge in [-0.05, 0) is 36.8 Å². The van der Waals surface area contributed by atoms with Crippen LogP contribution in [0.3, 0.4) is 0 Å². The number of aromatic nitrogens is 2. The molecule has 0 radical (unpaired) electrons. The highest BCUT2D eigenvalue weighted by molar-refractivity contribution is 9.10. The maximum absolute atomic E-state index is 12.1. The second-order valence-corrected chi connectivity index (χ2v) is 6.10. The van der Waals surface area contributed by atoms with Crippen LogP contribution in [0.25, 0.3) is 5.69 Å². The minimum absolute atomic E-state index is 0.338. The fourth-order valence-corrected chi connectivity index (χ4v) is 2.54. The lowest BCUT2D eigenvalue weighted by atomic mass is 10.1. The molecule has 0 unspecified atom stereocenters. The van der Waals surface area contributed by atoms with Crippen LogP contribution in [0.4, 0.5) is 10.6 Å². The number of carbonyl (C=O) groups excluding carboxylic acids is 1. The average molecular weight is 386 g/mol. The molecule has 3 aromatic rings. The van der Waals surface area contributed by atoms with Crippen LogP contribution in [0.15, 0.2) is 71.3 Å². The van der Waals surface area contributed by atoms with Gasteiger partial charge in [0.25, 0.3) is 0 Å². The number of hydrogen-bond donors (Lipinski definition) is 1. The van der Waals surface area contributed by atoms with E-state index in [1.165, 1.54) is 0 Å². The first kappa shape index (κ1) is 16.3. The van der Waals surface area contributed by atoms with E-state index in [-0.39, 0.29) is 6.10 Å². The number of halogens is 1. The van der Waals surface area contributed by atoms with Gasteiger partial charge in [-0.2, -0.15) is 5.10 Å². The Morgan fingerprint density at radius 2 is 1.83 bits per heavy atom. The summed E-state index contributed by atoms with van der Waals surface area (Å²) in [5.74, 6) is 0.544. The smallest absolute Gasteiger partial charge is 0.413 e. The Hall–Kier alpha value is -2.60. The molecule has 5 nitrogen and oxygen atoms in total. The van der Waals surface area contributed by atoms with Crippen molar-refractivity contribution in [3.63, 3.8) is 0 Å². The second-order valence-electron chi connectivity index (χ2n) is 5.19. The summed E-state index contributed by atoms with van der Waals surface area (Å²) >= 11 is 3.40. The highest BCUT2D eigenvalue weighted by atomic mass is 79.9. The molecule has 24 heavy (non-hydrogen) atoms. The number of hydrogen-bond acceptors (Lipinski definition) is 3. The van der Waals surface area contributed by atoms with Gasteiger partial charge in [-0.25, -0.2) is 9.48 Å². The molecule has 0 spiro atoms. The van der Waals surface area contributed by atoms with Crippen LogP contribution in [0.2, 0.25) is 0 Å². The number of amides is 1. The molecule has 0 bridgehead atoms. The maximum atomic E-state index is 12.1. The monoisotopic (exact) mass is 385 g/mol. The van der Waals surface area contributed by atoms with E-state index in [9.17, 15) is 4.79 Å². The minimum Gasteiger partial charge on any atom is -0.441 e. The van der Waals surface area contributed by atoms with Gasteiger partial charge >= 0.3 is 6.09 Å². The Morgan fingerprint density at radius 1 is 1.12 bits per heavy atom. The molecular formula is C18H16BrN3O2. The summed E-state index contributed by atoms with van der Waals surface area (Å²) < 4.78 is 8.04. The number of nitrogens with zero attached hydrogens (tertiary/aromatic N) is 2. The van der Waals surface area contributed by atoms with Crippen LogP contribution in [0, 0.1) is 0 Å². The van der Waals surface area contributed by atoms with Gasteiger partial charge < -0.3 is 4.74 Å². The first-order valence-electron chi connectivity index (χ1n) is 7.46. The molecule has 0 fully saturated rings. The highest BCUT2D eigenvalue weighted by Crippen LogP contribution is 2.20. The molecule has 122 valence electrons. The van der Waals surface area contributed by atoms with Crippen molar-refractivity contribution in [1.82, 2.24) is 9.78 Å². The van der Waals surface area contributed by atoms with E-state index < -0.39 is 6.09 Å². The summed E-state index contributed by atoms with van der Waals surface area (Å²) in [6.45, 7) is 1.83. The second kappa shape index (κ2) is 7.31. The number of nitrogens with one attached hydrogen (secondary N) is 1. The van der Waals surface area contributed by atoms with Crippen LogP contribution >= 0.6 is 15.9 Å². The Balaban J connectivity index is 1.69. The van der Waals surface area contributed by atoms with Gasteiger partial charge in [0.2, 0.25) is 0 Å². The zero-order valence-corrected chi connectivity index (χ0v) is 14.6. The van der Waals surface area contributed by atoms with Crippen LogP contribution in [-0.2, 0) is 4.74 Å². The summed E-state index contributed by atoms with van der Waals surface area (Å²) in [6.07, 6.45) is 0.763. The number of ether oxygens (including phenoxy) is 1. The van der Waals surface area contributed by atoms with Gasteiger partial charge in [0, 0.05) is 10.5 Å². The van der Waals surface area contributed by atoms with Gasteiger partial charge in [0.1, 0.15) is 11.9 Å². The molecule has 1 N–H and O–H groups in total. The fraction of sp³-hybridized carbons (Fsp3) is 0.111. The molecule has 1 heterocycles. The van der Waals surface area contributed by atoms with Crippen molar-refractivity contribution in [3.8, 4) is 5.69 Å². The van der Waals surface area contributed by atoms with E-state index in [0.29, 0.717) is 5.82 Å². The van der Waals surface area contributed by atoms with Gasteiger partial charge in [-0.15, -0.1) is 0 Å². The predicted octanol–water partition coefficient (Wildman–Crippen LogP) is 4.94. The Morgan fingerprint density at radius 3 is 2.54 bits per heavy atom. The first-order chi connectivity index (χ1) is 11.6. The average Bonchev–Trinajstić information content (AvgIpc) is 3.04. The lowest BCUT2D eigenvalue weighted by Gasteiger charge is -2.14. The number of rotatable bonds is 4. The van der Waals surface area contributed by atoms with Crippen LogP contribution < -0.4 is 5.32 Å². The largest absolute Gasteiger partial charge is 0.441 e. The van der Waals surface area contributed by atoms with Gasteiger partial charge in [0.05, 0.1) is 11.9 Å². The zero-order valence-electron chi connectivity index (χ0n) is 13.0. The van der Waals surface area contributed by atoms with Crippen molar-refractivity contribution in [2.75, 3.05) is 5.32 Å². The van der Waals surface area contributed by atoms with Gasteiger partial charge in [-0.1, -0.05) is 46.3 Å². The van der Waals surface area contributed by atoms with Crippen molar-refractivity contribution in [1.29, 1.82) is 0 Å². The summed E-state index contributed by atoms with van der Waals surface area (Å²) in [5.41, 5.74) is 1.78. The molecule has 3 rings (SSSR count). The number of anilines is 1. The van der Waals surface area contributed by atoms with E-state index in [1.54, 1.807) is 16.9 Å². The molecule has 0 aliphatic heterocycles. The summed E-state index contributed by atoms with van der Waals surface area (Å²) in [5, 5.41) is 6.97. The predicted molar refractivity (Wildman–Crippen MR) is 96.2 cm³/mol. The topological polar surface area (TPSA) is 56.1 Å². The van der Waals surface area contributed by atoms with Crippen molar-refractivity contribution < 1.29 is 9.53 Å². The molecule has 0 aliphatic carbocycles. The van der Waals surface area contributed by atoms with Crippen molar-refractivity contribution in [2.45, 2.75) is 13.0 Å². The highest BCUT2D eigenvalue weighted by Gasteiger charge is 2.14. The number of benzene rings is 2. The summed E-state index contributed by atoms with van der Waals surface area (Å²) in [7, 11) is 0. The Kier molecular flexibility index (Phi) is 4.96. The van der Waals surface area contributed by atoms with Crippen molar-refractivity contribution in [2.24, 2.45) is 0 Å². The minimum atomic E-state index is -0.523. The molecule has 6 heteroatoms. The molecule has 0 saturated carbocycles. The molecule has 1 amide bonds. The normalized spacial score (nSPS) is 11.8. The molecular weight excluding hydrogens is 370 g/mol. The van der Waals surface area contributed by atoms with Gasteiger partial charge in [0.15, 0.2) is 0 Å².